The Morgan fingerprint density at radius 3 is 2.47 bits per heavy atom. The number of hydrogen-bond donors (Lipinski definition) is 3. The van der Waals surface area contributed by atoms with Gasteiger partial charge in [0, 0.05) is 17.8 Å². The third kappa shape index (κ3) is 4.87. The van der Waals surface area contributed by atoms with E-state index in [1.165, 1.54) is 0 Å². The van der Waals surface area contributed by atoms with Crippen LogP contribution in [0.5, 0.6) is 0 Å². The van der Waals surface area contributed by atoms with Gasteiger partial charge in [-0.1, -0.05) is 34.6 Å². The summed E-state index contributed by atoms with van der Waals surface area (Å²) in [5.41, 5.74) is 3.98. The molecule has 0 fully saturated rings. The van der Waals surface area contributed by atoms with Crippen LogP contribution in [0.25, 0.3) is 0 Å². The Morgan fingerprint density at radius 1 is 1.37 bits per heavy atom. The molecule has 106 valence electrons. The molecule has 0 aliphatic heterocycles. The Kier molecular flexibility index (Phi) is 4.89. The van der Waals surface area contributed by atoms with E-state index in [4.69, 9.17) is 5.84 Å². The lowest BCUT2D eigenvalue weighted by Crippen LogP contribution is -2.32. The van der Waals surface area contributed by atoms with Crippen LogP contribution in [0, 0.1) is 5.41 Å². The van der Waals surface area contributed by atoms with Gasteiger partial charge < -0.3 is 10.7 Å². The van der Waals surface area contributed by atoms with Crippen LogP contribution >= 0.6 is 0 Å². The highest BCUT2D eigenvalue weighted by Gasteiger charge is 2.15. The van der Waals surface area contributed by atoms with Crippen LogP contribution in [0.2, 0.25) is 0 Å². The highest BCUT2D eigenvalue weighted by Crippen LogP contribution is 2.17. The molecule has 4 N–H and O–H groups in total. The van der Waals surface area contributed by atoms with Crippen LogP contribution < -0.4 is 16.6 Å². The summed E-state index contributed by atoms with van der Waals surface area (Å²) in [4.78, 5) is 16.5. The second kappa shape index (κ2) is 6.02. The minimum atomic E-state index is -0.101. The maximum absolute atomic E-state index is 12.1. The van der Waals surface area contributed by atoms with E-state index in [1.807, 2.05) is 19.9 Å². The molecule has 0 aliphatic carbocycles. The molecule has 1 aromatic rings. The Morgan fingerprint density at radius 2 is 2.00 bits per heavy atom. The molecule has 0 aromatic carbocycles. The van der Waals surface area contributed by atoms with E-state index in [0.29, 0.717) is 17.9 Å². The van der Waals surface area contributed by atoms with Crippen molar-refractivity contribution in [3.63, 3.8) is 0 Å². The minimum Gasteiger partial charge on any atom is -0.352 e. The zero-order valence-electron chi connectivity index (χ0n) is 12.4. The summed E-state index contributed by atoms with van der Waals surface area (Å²) in [5.74, 6) is 6.03. The van der Waals surface area contributed by atoms with Crippen molar-refractivity contribution in [1.29, 1.82) is 0 Å². The number of carbonyl (C=O) groups is 1. The Balaban J connectivity index is 2.93. The molecule has 0 spiro atoms. The van der Waals surface area contributed by atoms with Gasteiger partial charge in [-0.05, 0) is 23.5 Å². The van der Waals surface area contributed by atoms with Crippen LogP contribution in [-0.4, -0.2) is 17.4 Å². The van der Waals surface area contributed by atoms with Crippen LogP contribution in [0.4, 0.5) is 5.82 Å². The van der Waals surface area contributed by atoms with Gasteiger partial charge >= 0.3 is 0 Å². The van der Waals surface area contributed by atoms with E-state index in [1.54, 1.807) is 6.07 Å². The Bertz CT molecular complexity index is 449. The first-order valence-electron chi connectivity index (χ1n) is 6.50. The molecule has 0 saturated carbocycles. The topological polar surface area (TPSA) is 80.0 Å². The van der Waals surface area contributed by atoms with Crippen molar-refractivity contribution in [2.45, 2.75) is 40.5 Å². The third-order valence-electron chi connectivity index (χ3n) is 2.63. The molecule has 0 bridgehead atoms. The van der Waals surface area contributed by atoms with Gasteiger partial charge in [-0.15, -0.1) is 0 Å². The molecule has 19 heavy (non-hydrogen) atoms. The van der Waals surface area contributed by atoms with Gasteiger partial charge in [0.15, 0.2) is 0 Å². The summed E-state index contributed by atoms with van der Waals surface area (Å²) in [6.45, 7) is 10.9. The van der Waals surface area contributed by atoms with Crippen molar-refractivity contribution in [2.24, 2.45) is 11.3 Å². The summed E-state index contributed by atoms with van der Waals surface area (Å²) in [6.07, 6.45) is 0. The number of carbonyl (C=O) groups excluding carboxylic acids is 1. The predicted molar refractivity (Wildman–Crippen MR) is 77.9 cm³/mol. The fraction of sp³-hybridized carbons (Fsp3) is 0.571. The summed E-state index contributed by atoms with van der Waals surface area (Å²) >= 11 is 0. The van der Waals surface area contributed by atoms with E-state index in [-0.39, 0.29) is 17.2 Å². The number of pyridine rings is 1. The summed E-state index contributed by atoms with van der Waals surface area (Å²) < 4.78 is 0. The smallest absolute Gasteiger partial charge is 0.251 e. The zero-order chi connectivity index (χ0) is 14.6. The van der Waals surface area contributed by atoms with Gasteiger partial charge in [0.05, 0.1) is 0 Å². The van der Waals surface area contributed by atoms with Gasteiger partial charge in [-0.3, -0.25) is 4.79 Å². The van der Waals surface area contributed by atoms with E-state index >= 15 is 0 Å². The van der Waals surface area contributed by atoms with Crippen LogP contribution in [0.3, 0.4) is 0 Å². The first-order valence-corrected chi connectivity index (χ1v) is 6.50. The van der Waals surface area contributed by atoms with Crippen molar-refractivity contribution < 1.29 is 4.79 Å². The largest absolute Gasteiger partial charge is 0.352 e. The maximum atomic E-state index is 12.1. The minimum absolute atomic E-state index is 0.0541. The van der Waals surface area contributed by atoms with Crippen molar-refractivity contribution in [3.05, 3.63) is 23.4 Å². The Hall–Kier alpha value is -1.62. The van der Waals surface area contributed by atoms with Crippen molar-refractivity contribution in [2.75, 3.05) is 12.0 Å². The van der Waals surface area contributed by atoms with E-state index in [2.05, 4.69) is 36.5 Å². The number of hydrogen-bond acceptors (Lipinski definition) is 4. The third-order valence-corrected chi connectivity index (χ3v) is 2.63. The molecule has 0 aliphatic rings. The molecule has 1 amide bonds. The highest BCUT2D eigenvalue weighted by molar-refractivity contribution is 5.95. The van der Waals surface area contributed by atoms with Gasteiger partial charge in [-0.25, -0.2) is 10.8 Å². The number of aromatic nitrogens is 1. The Labute approximate surface area is 115 Å². The van der Waals surface area contributed by atoms with Gasteiger partial charge in [0.2, 0.25) is 0 Å². The van der Waals surface area contributed by atoms with E-state index in [9.17, 15) is 4.79 Å². The molecule has 0 unspecified atom stereocenters. The fourth-order valence-electron chi connectivity index (χ4n) is 1.50. The van der Waals surface area contributed by atoms with Crippen LogP contribution in [0.15, 0.2) is 12.1 Å². The average molecular weight is 264 g/mol. The second-order valence-corrected chi connectivity index (χ2v) is 6.21. The number of nitrogen functional groups attached to an aromatic ring is 1. The summed E-state index contributed by atoms with van der Waals surface area (Å²) in [6, 6.07) is 3.47. The van der Waals surface area contributed by atoms with E-state index in [0.717, 1.165) is 5.69 Å². The lowest BCUT2D eigenvalue weighted by Gasteiger charge is -2.19. The predicted octanol–water partition coefficient (Wildman–Crippen LogP) is 2.27. The normalized spacial score (nSPS) is 11.5. The number of nitrogens with zero attached hydrogens (tertiary/aromatic N) is 1. The molecule has 1 aromatic heterocycles. The molecular weight excluding hydrogens is 240 g/mol. The molecule has 1 rings (SSSR count). The monoisotopic (exact) mass is 264 g/mol. The fourth-order valence-corrected chi connectivity index (χ4v) is 1.50. The van der Waals surface area contributed by atoms with Crippen LogP contribution in [0.1, 0.15) is 56.6 Å². The molecule has 5 nitrogen and oxygen atoms in total. The standard InChI is InChI=1S/C14H24N4O/c1-9(2)11-6-10(7-12(17-11)18-15)13(19)16-8-14(3,4)5/h6-7,9H,8,15H2,1-5H3,(H,16,19)(H,17,18). The van der Waals surface area contributed by atoms with Gasteiger partial charge in [0.1, 0.15) is 5.82 Å². The van der Waals surface area contributed by atoms with Crippen molar-refractivity contribution >= 4 is 11.7 Å². The lowest BCUT2D eigenvalue weighted by molar-refractivity contribution is 0.0939. The molecule has 1 heterocycles. The van der Waals surface area contributed by atoms with Gasteiger partial charge in [0.25, 0.3) is 5.91 Å². The molecular formula is C14H24N4O. The maximum Gasteiger partial charge on any atom is 0.251 e. The van der Waals surface area contributed by atoms with Crippen molar-refractivity contribution in [3.8, 4) is 0 Å². The van der Waals surface area contributed by atoms with Crippen molar-refractivity contribution in [1.82, 2.24) is 10.3 Å². The SMILES string of the molecule is CC(C)c1cc(C(=O)NCC(C)(C)C)cc(NN)n1. The number of hydrazine groups is 1. The van der Waals surface area contributed by atoms with E-state index < -0.39 is 0 Å². The summed E-state index contributed by atoms with van der Waals surface area (Å²) in [7, 11) is 0. The second-order valence-electron chi connectivity index (χ2n) is 6.21. The van der Waals surface area contributed by atoms with Crippen LogP contribution in [-0.2, 0) is 0 Å². The molecule has 0 saturated heterocycles. The number of rotatable bonds is 4. The number of anilines is 1. The first kappa shape index (κ1) is 15.4. The molecule has 0 atom stereocenters. The quantitative estimate of drug-likeness (QED) is 0.575. The van der Waals surface area contributed by atoms with Gasteiger partial charge in [-0.2, -0.15) is 0 Å². The molecule has 0 radical (unpaired) electrons. The first-order chi connectivity index (χ1) is 8.73. The number of nitrogens with one attached hydrogen (secondary N) is 2. The number of nitrogens with two attached hydrogens (primary N) is 1. The average Bonchev–Trinajstić information content (AvgIpc) is 2.34. The summed E-state index contributed by atoms with van der Waals surface area (Å²) in [5, 5.41) is 2.92. The molecule has 5 heteroatoms. The zero-order valence-corrected chi connectivity index (χ0v) is 12.4. The highest BCUT2D eigenvalue weighted by atomic mass is 16.1. The number of amides is 1. The lowest BCUT2D eigenvalue weighted by atomic mass is 9.97.